The molecule has 0 spiro atoms. The highest BCUT2D eigenvalue weighted by molar-refractivity contribution is 5.79. The first kappa shape index (κ1) is 27.8. The number of para-hydroxylation sites is 1. The summed E-state index contributed by atoms with van der Waals surface area (Å²) < 4.78 is 8.40. The summed E-state index contributed by atoms with van der Waals surface area (Å²) in [5.41, 5.74) is 8.34. The van der Waals surface area contributed by atoms with Crippen LogP contribution in [0.15, 0.2) is 103 Å². The normalized spacial score (nSPS) is 16.8. The summed E-state index contributed by atoms with van der Waals surface area (Å²) >= 11 is 0. The van der Waals surface area contributed by atoms with Crippen molar-refractivity contribution in [3.8, 4) is 16.9 Å². The van der Waals surface area contributed by atoms with Crippen LogP contribution in [0.25, 0.3) is 33.1 Å². The maximum absolute atomic E-state index is 12.3. The van der Waals surface area contributed by atoms with E-state index < -0.39 is 11.9 Å². The van der Waals surface area contributed by atoms with Gasteiger partial charge in [-0.3, -0.25) is 4.79 Å². The zero-order valence-electron chi connectivity index (χ0n) is 24.8. The Labute approximate surface area is 257 Å². The number of aromatic nitrogens is 3. The molecule has 44 heavy (non-hydrogen) atoms. The summed E-state index contributed by atoms with van der Waals surface area (Å²) in [6.45, 7) is 3.06. The highest BCUT2D eigenvalue weighted by Gasteiger charge is 2.35. The van der Waals surface area contributed by atoms with Crippen LogP contribution in [0.1, 0.15) is 54.2 Å². The molecular formula is C38H35N3O3. The van der Waals surface area contributed by atoms with Crippen LogP contribution in [0, 0.1) is 12.8 Å². The van der Waals surface area contributed by atoms with Gasteiger partial charge >= 0.3 is 5.97 Å². The van der Waals surface area contributed by atoms with Crippen molar-refractivity contribution in [2.75, 3.05) is 0 Å². The van der Waals surface area contributed by atoms with E-state index in [-0.39, 0.29) is 5.92 Å². The zero-order valence-corrected chi connectivity index (χ0v) is 24.8. The van der Waals surface area contributed by atoms with Gasteiger partial charge in [-0.15, -0.1) is 0 Å². The number of pyridine rings is 1. The van der Waals surface area contributed by atoms with E-state index in [1.165, 1.54) is 16.7 Å². The van der Waals surface area contributed by atoms with E-state index in [4.69, 9.17) is 14.7 Å². The number of hydrogen-bond acceptors (Lipinski definition) is 4. The minimum atomic E-state index is -0.734. The molecule has 0 bridgehead atoms. The lowest BCUT2D eigenvalue weighted by Gasteiger charge is -2.28. The molecule has 1 fully saturated rings. The van der Waals surface area contributed by atoms with E-state index in [1.807, 2.05) is 42.5 Å². The monoisotopic (exact) mass is 581 g/mol. The molecule has 1 N–H and O–H groups in total. The molecule has 0 aliphatic heterocycles. The number of carboxylic acid groups (broad SMARTS) is 1. The lowest BCUT2D eigenvalue weighted by Crippen LogP contribution is -2.27. The standard InChI is InChI=1S/C38H35N3O3/c1-25-10-14-27(15-11-25)28-16-12-26(13-17-28)23-41-36-21-20-31(44-24-30-19-18-29-6-2-5-9-34(29)39-30)22-35(36)40-37(41)32-7-3-4-8-33(32)38(42)43/h2,5-6,9-22,32-33H,3-4,7-8,23-24H2,1H3,(H,42,43)/t32-,33?/m1/s1. The molecule has 7 rings (SSSR count). The van der Waals surface area contributed by atoms with Gasteiger partial charge in [0.05, 0.1) is 28.2 Å². The first-order valence-corrected chi connectivity index (χ1v) is 15.4. The fourth-order valence-corrected chi connectivity index (χ4v) is 6.48. The number of carbonyl (C=O) groups is 1. The molecule has 1 aliphatic rings. The number of rotatable bonds is 8. The van der Waals surface area contributed by atoms with Crippen LogP contribution in [0.3, 0.4) is 0 Å². The van der Waals surface area contributed by atoms with Crippen molar-refractivity contribution in [1.29, 1.82) is 0 Å². The topological polar surface area (TPSA) is 77.2 Å². The molecule has 2 aromatic heterocycles. The van der Waals surface area contributed by atoms with Crippen molar-refractivity contribution in [3.05, 3.63) is 126 Å². The third-order valence-corrected chi connectivity index (χ3v) is 8.89. The molecule has 0 radical (unpaired) electrons. The molecular weight excluding hydrogens is 546 g/mol. The van der Waals surface area contributed by atoms with Crippen LogP contribution < -0.4 is 4.74 Å². The van der Waals surface area contributed by atoms with Crippen molar-refractivity contribution in [2.45, 2.75) is 51.7 Å². The summed E-state index contributed by atoms with van der Waals surface area (Å²) in [4.78, 5) is 22.1. The van der Waals surface area contributed by atoms with Gasteiger partial charge in [-0.25, -0.2) is 9.97 Å². The van der Waals surface area contributed by atoms with Crippen LogP contribution in [-0.4, -0.2) is 25.6 Å². The van der Waals surface area contributed by atoms with Crippen molar-refractivity contribution in [1.82, 2.24) is 14.5 Å². The second-order valence-corrected chi connectivity index (χ2v) is 11.9. The van der Waals surface area contributed by atoms with Gasteiger partial charge in [0.25, 0.3) is 0 Å². The molecule has 220 valence electrons. The van der Waals surface area contributed by atoms with Crippen LogP contribution in [-0.2, 0) is 17.9 Å². The molecule has 2 atom stereocenters. The second kappa shape index (κ2) is 12.0. The number of aliphatic carboxylic acids is 1. The largest absolute Gasteiger partial charge is 0.487 e. The smallest absolute Gasteiger partial charge is 0.307 e. The fourth-order valence-electron chi connectivity index (χ4n) is 6.48. The predicted molar refractivity (Wildman–Crippen MR) is 174 cm³/mol. The van der Waals surface area contributed by atoms with Gasteiger partial charge < -0.3 is 14.4 Å². The van der Waals surface area contributed by atoms with Gasteiger partial charge in [0.15, 0.2) is 0 Å². The van der Waals surface area contributed by atoms with Crippen LogP contribution >= 0.6 is 0 Å². The SMILES string of the molecule is Cc1ccc(-c2ccc(Cn3c([C@@H]4CCCCC4C(=O)O)nc4cc(OCc5ccc6ccccc6n5)ccc43)cc2)cc1. The average molecular weight is 582 g/mol. The van der Waals surface area contributed by atoms with Gasteiger partial charge in [0.2, 0.25) is 0 Å². The first-order chi connectivity index (χ1) is 21.5. The molecule has 1 aliphatic carbocycles. The quantitative estimate of drug-likeness (QED) is 0.195. The van der Waals surface area contributed by atoms with Crippen molar-refractivity contribution in [3.63, 3.8) is 0 Å². The Morgan fingerprint density at radius 1 is 0.841 bits per heavy atom. The lowest BCUT2D eigenvalue weighted by atomic mass is 9.78. The zero-order chi connectivity index (χ0) is 30.0. The van der Waals surface area contributed by atoms with E-state index in [0.29, 0.717) is 25.3 Å². The van der Waals surface area contributed by atoms with Crippen LogP contribution in [0.4, 0.5) is 0 Å². The van der Waals surface area contributed by atoms with Crippen molar-refractivity contribution >= 4 is 27.9 Å². The van der Waals surface area contributed by atoms with Gasteiger partial charge in [-0.05, 0) is 60.7 Å². The van der Waals surface area contributed by atoms with Gasteiger partial charge in [-0.2, -0.15) is 0 Å². The maximum atomic E-state index is 12.3. The summed E-state index contributed by atoms with van der Waals surface area (Å²) in [7, 11) is 0. The van der Waals surface area contributed by atoms with Crippen molar-refractivity contribution in [2.24, 2.45) is 5.92 Å². The number of benzene rings is 4. The Kier molecular flexibility index (Phi) is 7.57. The lowest BCUT2D eigenvalue weighted by molar-refractivity contribution is -0.143. The summed E-state index contributed by atoms with van der Waals surface area (Å²) in [6, 6.07) is 35.3. The number of hydrogen-bond donors (Lipinski definition) is 1. The molecule has 1 unspecified atom stereocenters. The maximum Gasteiger partial charge on any atom is 0.307 e. The molecule has 6 heteroatoms. The van der Waals surface area contributed by atoms with Gasteiger partial charge in [-0.1, -0.05) is 91.2 Å². The number of imidazole rings is 1. The molecule has 6 aromatic rings. The minimum Gasteiger partial charge on any atom is -0.487 e. The minimum absolute atomic E-state index is 0.133. The highest BCUT2D eigenvalue weighted by atomic mass is 16.5. The van der Waals surface area contributed by atoms with Crippen molar-refractivity contribution < 1.29 is 14.6 Å². The van der Waals surface area contributed by atoms with E-state index in [2.05, 4.69) is 72.2 Å². The number of ether oxygens (including phenoxy) is 1. The Bertz CT molecular complexity index is 1940. The molecule has 2 heterocycles. The predicted octanol–water partition coefficient (Wildman–Crippen LogP) is 8.55. The third-order valence-electron chi connectivity index (χ3n) is 8.89. The highest BCUT2D eigenvalue weighted by Crippen LogP contribution is 2.39. The Morgan fingerprint density at radius 2 is 1.59 bits per heavy atom. The van der Waals surface area contributed by atoms with E-state index in [9.17, 15) is 9.90 Å². The fraction of sp³-hybridized carbons (Fsp3) is 0.237. The third kappa shape index (κ3) is 5.68. The molecule has 4 aromatic carbocycles. The number of nitrogens with zero attached hydrogens (tertiary/aromatic N) is 3. The van der Waals surface area contributed by atoms with Gasteiger partial charge in [0.1, 0.15) is 18.2 Å². The van der Waals surface area contributed by atoms with E-state index in [0.717, 1.165) is 58.3 Å². The second-order valence-electron chi connectivity index (χ2n) is 11.9. The molecule has 6 nitrogen and oxygen atoms in total. The number of fused-ring (bicyclic) bond motifs is 2. The average Bonchev–Trinajstić information content (AvgIpc) is 3.41. The number of aryl methyl sites for hydroxylation is 1. The van der Waals surface area contributed by atoms with Crippen LogP contribution in [0.5, 0.6) is 5.75 Å². The summed E-state index contributed by atoms with van der Waals surface area (Å²) in [5, 5.41) is 11.2. The summed E-state index contributed by atoms with van der Waals surface area (Å²) in [6.07, 6.45) is 3.45. The number of carboxylic acids is 1. The van der Waals surface area contributed by atoms with Gasteiger partial charge in [0, 0.05) is 23.9 Å². The Hall–Kier alpha value is -4.97. The van der Waals surface area contributed by atoms with E-state index >= 15 is 0 Å². The Morgan fingerprint density at radius 3 is 2.39 bits per heavy atom. The Balaban J connectivity index is 1.20. The molecule has 0 saturated heterocycles. The first-order valence-electron chi connectivity index (χ1n) is 15.4. The molecule has 1 saturated carbocycles. The molecule has 0 amide bonds. The van der Waals surface area contributed by atoms with E-state index in [1.54, 1.807) is 0 Å². The van der Waals surface area contributed by atoms with Crippen LogP contribution in [0.2, 0.25) is 0 Å². The summed E-state index contributed by atoms with van der Waals surface area (Å²) in [5.74, 6) is 0.264.